The van der Waals surface area contributed by atoms with Crippen LogP contribution < -0.4 is 5.32 Å². The van der Waals surface area contributed by atoms with Gasteiger partial charge in [0, 0.05) is 12.8 Å². The number of methoxy groups -OCH3 is 1. The first-order chi connectivity index (χ1) is 7.70. The molecule has 0 radical (unpaired) electrons. The number of aryl methyl sites for hydroxylation is 1. The summed E-state index contributed by atoms with van der Waals surface area (Å²) in [7, 11) is 1.70. The summed E-state index contributed by atoms with van der Waals surface area (Å²) >= 11 is 0. The number of hydrogen-bond acceptors (Lipinski definition) is 2. The van der Waals surface area contributed by atoms with Gasteiger partial charge in [-0.25, -0.2) is 4.39 Å². The number of nitrogens with one attached hydrogen (secondary N) is 1. The largest absolute Gasteiger partial charge is 0.383 e. The first-order valence-electron chi connectivity index (χ1n) is 5.72. The van der Waals surface area contributed by atoms with Crippen LogP contribution in [0.1, 0.15) is 18.4 Å². The zero-order valence-corrected chi connectivity index (χ0v) is 9.79. The molecule has 0 saturated heterocycles. The summed E-state index contributed by atoms with van der Waals surface area (Å²) < 4.78 is 18.5. The van der Waals surface area contributed by atoms with E-state index in [0.29, 0.717) is 24.1 Å². The monoisotopic (exact) mass is 223 g/mol. The first-order valence-corrected chi connectivity index (χ1v) is 5.72. The molecule has 0 aromatic heterocycles. The van der Waals surface area contributed by atoms with Gasteiger partial charge in [-0.05, 0) is 43.4 Å². The number of halogens is 1. The van der Waals surface area contributed by atoms with Gasteiger partial charge in [-0.15, -0.1) is 0 Å². The Hall–Kier alpha value is -1.09. The van der Waals surface area contributed by atoms with E-state index in [9.17, 15) is 4.39 Å². The van der Waals surface area contributed by atoms with Crippen molar-refractivity contribution < 1.29 is 9.13 Å². The van der Waals surface area contributed by atoms with Crippen LogP contribution >= 0.6 is 0 Å². The van der Waals surface area contributed by atoms with Gasteiger partial charge in [0.25, 0.3) is 0 Å². The lowest BCUT2D eigenvalue weighted by Crippen LogP contribution is -2.27. The smallest absolute Gasteiger partial charge is 0.128 e. The minimum Gasteiger partial charge on any atom is -0.383 e. The number of ether oxygens (including phenoxy) is 1. The molecule has 1 saturated carbocycles. The number of benzene rings is 1. The molecule has 1 aromatic rings. The molecule has 0 spiro atoms. The molecule has 2 nitrogen and oxygen atoms in total. The van der Waals surface area contributed by atoms with Crippen LogP contribution in [0.3, 0.4) is 0 Å². The van der Waals surface area contributed by atoms with Gasteiger partial charge in [0.05, 0.1) is 12.6 Å². The lowest BCUT2D eigenvalue weighted by atomic mass is 10.1. The third kappa shape index (κ3) is 2.73. The molecule has 0 heterocycles. The van der Waals surface area contributed by atoms with Gasteiger partial charge >= 0.3 is 0 Å². The molecule has 1 fully saturated rings. The van der Waals surface area contributed by atoms with E-state index in [1.807, 2.05) is 6.07 Å². The Labute approximate surface area is 95.8 Å². The fraction of sp³-hybridized carbons (Fsp3) is 0.538. The van der Waals surface area contributed by atoms with Crippen molar-refractivity contribution in [1.29, 1.82) is 0 Å². The van der Waals surface area contributed by atoms with Gasteiger partial charge in [-0.3, -0.25) is 0 Å². The average Bonchev–Trinajstić information content (AvgIpc) is 3.06. The highest BCUT2D eigenvalue weighted by Crippen LogP contribution is 2.34. The molecular formula is C13H18FNO. The Bertz CT molecular complexity index is 363. The molecule has 16 heavy (non-hydrogen) atoms. The molecule has 1 N–H and O–H groups in total. The molecule has 3 heteroatoms. The SMILES string of the molecule is COCC(Nc1ccc(C)c(F)c1)C1CC1. The van der Waals surface area contributed by atoms with Crippen molar-refractivity contribution >= 4 is 5.69 Å². The molecule has 88 valence electrons. The molecule has 1 aliphatic rings. The maximum Gasteiger partial charge on any atom is 0.128 e. The van der Waals surface area contributed by atoms with E-state index in [2.05, 4.69) is 5.32 Å². The second-order valence-electron chi connectivity index (χ2n) is 4.51. The van der Waals surface area contributed by atoms with Crippen molar-refractivity contribution in [2.75, 3.05) is 19.0 Å². The zero-order chi connectivity index (χ0) is 11.5. The Morgan fingerprint density at radius 1 is 1.50 bits per heavy atom. The molecule has 1 unspecified atom stereocenters. The summed E-state index contributed by atoms with van der Waals surface area (Å²) in [6, 6.07) is 5.59. The highest BCUT2D eigenvalue weighted by Gasteiger charge is 2.31. The Balaban J connectivity index is 2.03. The number of anilines is 1. The van der Waals surface area contributed by atoms with Crippen molar-refractivity contribution in [2.24, 2.45) is 5.92 Å². The maximum atomic E-state index is 13.4. The van der Waals surface area contributed by atoms with Crippen molar-refractivity contribution in [3.05, 3.63) is 29.6 Å². The maximum absolute atomic E-state index is 13.4. The minimum atomic E-state index is -0.156. The van der Waals surface area contributed by atoms with Gasteiger partial charge in [-0.2, -0.15) is 0 Å². The Morgan fingerprint density at radius 2 is 2.25 bits per heavy atom. The average molecular weight is 223 g/mol. The van der Waals surface area contributed by atoms with Crippen LogP contribution in [0.5, 0.6) is 0 Å². The normalized spacial score (nSPS) is 17.2. The Kier molecular flexibility index (Phi) is 3.44. The molecular weight excluding hydrogens is 205 g/mol. The van der Waals surface area contributed by atoms with E-state index in [-0.39, 0.29) is 5.82 Å². The van der Waals surface area contributed by atoms with E-state index in [1.54, 1.807) is 26.2 Å². The Morgan fingerprint density at radius 3 is 2.81 bits per heavy atom. The van der Waals surface area contributed by atoms with Crippen molar-refractivity contribution in [3.63, 3.8) is 0 Å². The molecule has 0 amide bonds. The fourth-order valence-corrected chi connectivity index (χ4v) is 1.87. The molecule has 2 rings (SSSR count). The van der Waals surface area contributed by atoms with E-state index in [4.69, 9.17) is 4.74 Å². The lowest BCUT2D eigenvalue weighted by Gasteiger charge is -2.18. The number of hydrogen-bond donors (Lipinski definition) is 1. The summed E-state index contributed by atoms with van der Waals surface area (Å²) in [4.78, 5) is 0. The molecule has 1 aromatic carbocycles. The van der Waals surface area contributed by atoms with E-state index < -0.39 is 0 Å². The van der Waals surface area contributed by atoms with Crippen LogP contribution in [0.25, 0.3) is 0 Å². The van der Waals surface area contributed by atoms with Crippen LogP contribution in [0, 0.1) is 18.7 Å². The van der Waals surface area contributed by atoms with Crippen LogP contribution in [0.15, 0.2) is 18.2 Å². The second-order valence-corrected chi connectivity index (χ2v) is 4.51. The van der Waals surface area contributed by atoms with Crippen LogP contribution in [-0.4, -0.2) is 19.8 Å². The van der Waals surface area contributed by atoms with Crippen LogP contribution in [0.4, 0.5) is 10.1 Å². The molecule has 1 atom stereocenters. The van der Waals surface area contributed by atoms with E-state index in [1.165, 1.54) is 12.8 Å². The fourth-order valence-electron chi connectivity index (χ4n) is 1.87. The number of rotatable bonds is 5. The van der Waals surface area contributed by atoms with Gasteiger partial charge in [0.2, 0.25) is 0 Å². The van der Waals surface area contributed by atoms with E-state index in [0.717, 1.165) is 5.69 Å². The van der Waals surface area contributed by atoms with Crippen LogP contribution in [0.2, 0.25) is 0 Å². The summed E-state index contributed by atoms with van der Waals surface area (Å²) in [5, 5.41) is 3.34. The van der Waals surface area contributed by atoms with Gasteiger partial charge in [-0.1, -0.05) is 6.07 Å². The minimum absolute atomic E-state index is 0.156. The van der Waals surface area contributed by atoms with Crippen molar-refractivity contribution in [2.45, 2.75) is 25.8 Å². The molecule has 1 aliphatic carbocycles. The molecule has 0 bridgehead atoms. The predicted octanol–water partition coefficient (Wildman–Crippen LogP) is 2.97. The quantitative estimate of drug-likeness (QED) is 0.828. The summed E-state index contributed by atoms with van der Waals surface area (Å²) in [6.45, 7) is 2.45. The molecule has 0 aliphatic heterocycles. The third-order valence-electron chi connectivity index (χ3n) is 3.06. The first kappa shape index (κ1) is 11.4. The van der Waals surface area contributed by atoms with Gasteiger partial charge in [0.1, 0.15) is 5.82 Å². The third-order valence-corrected chi connectivity index (χ3v) is 3.06. The van der Waals surface area contributed by atoms with Crippen LogP contribution in [-0.2, 0) is 4.74 Å². The predicted molar refractivity (Wildman–Crippen MR) is 63.1 cm³/mol. The van der Waals surface area contributed by atoms with E-state index >= 15 is 0 Å². The van der Waals surface area contributed by atoms with Gasteiger partial charge < -0.3 is 10.1 Å². The second kappa shape index (κ2) is 4.83. The topological polar surface area (TPSA) is 21.3 Å². The highest BCUT2D eigenvalue weighted by atomic mass is 19.1. The standard InChI is InChI=1S/C13H18FNO/c1-9-3-6-11(7-12(9)14)15-13(8-16-2)10-4-5-10/h3,6-7,10,13,15H,4-5,8H2,1-2H3. The van der Waals surface area contributed by atoms with Crippen molar-refractivity contribution in [3.8, 4) is 0 Å². The zero-order valence-electron chi connectivity index (χ0n) is 9.79. The van der Waals surface area contributed by atoms with Gasteiger partial charge in [0.15, 0.2) is 0 Å². The highest BCUT2D eigenvalue weighted by molar-refractivity contribution is 5.46. The summed E-state index contributed by atoms with van der Waals surface area (Å²) in [5.74, 6) is 0.529. The van der Waals surface area contributed by atoms with Crippen molar-refractivity contribution in [1.82, 2.24) is 0 Å². The summed E-state index contributed by atoms with van der Waals surface area (Å²) in [6.07, 6.45) is 2.49. The summed E-state index contributed by atoms with van der Waals surface area (Å²) in [5.41, 5.74) is 1.53. The lowest BCUT2D eigenvalue weighted by molar-refractivity contribution is 0.179.